The summed E-state index contributed by atoms with van der Waals surface area (Å²) in [7, 11) is 0. The number of carbonyl (C=O) groups excluding carboxylic acids is 1. The Hall–Kier alpha value is -1.91. The highest BCUT2D eigenvalue weighted by atomic mass is 16.4. The van der Waals surface area contributed by atoms with Gasteiger partial charge in [0.15, 0.2) is 0 Å². The average Bonchev–Trinajstić information content (AvgIpc) is 3.12. The van der Waals surface area contributed by atoms with E-state index in [2.05, 4.69) is 10.3 Å². The second-order valence-corrected chi connectivity index (χ2v) is 4.70. The molecule has 1 aliphatic rings. The van der Waals surface area contributed by atoms with E-state index in [0.29, 0.717) is 11.5 Å². The van der Waals surface area contributed by atoms with Gasteiger partial charge in [0.2, 0.25) is 0 Å². The number of aliphatic carboxylic acids is 1. The Morgan fingerprint density at radius 2 is 2.22 bits per heavy atom. The smallest absolute Gasteiger partial charge is 0.305 e. The number of nitrogens with zero attached hydrogens (tertiary/aromatic N) is 1. The van der Waals surface area contributed by atoms with Crippen LogP contribution in [0.3, 0.4) is 0 Å². The van der Waals surface area contributed by atoms with Crippen LogP contribution in [-0.2, 0) is 4.79 Å². The van der Waals surface area contributed by atoms with E-state index in [9.17, 15) is 9.59 Å². The van der Waals surface area contributed by atoms with E-state index in [4.69, 9.17) is 5.11 Å². The van der Waals surface area contributed by atoms with Crippen molar-refractivity contribution in [2.45, 2.75) is 32.2 Å². The summed E-state index contributed by atoms with van der Waals surface area (Å²) in [5, 5.41) is 11.6. The molecule has 0 spiro atoms. The van der Waals surface area contributed by atoms with Crippen molar-refractivity contribution in [1.82, 2.24) is 10.3 Å². The molecule has 1 fully saturated rings. The number of aryl methyl sites for hydroxylation is 1. The van der Waals surface area contributed by atoms with E-state index < -0.39 is 5.97 Å². The number of aromatic nitrogens is 1. The maximum atomic E-state index is 11.9. The van der Waals surface area contributed by atoms with Crippen molar-refractivity contribution in [3.8, 4) is 0 Å². The summed E-state index contributed by atoms with van der Waals surface area (Å²) in [5.41, 5.74) is 1.31. The molecular weight excluding hydrogens is 232 g/mol. The molecule has 1 aliphatic carbocycles. The molecule has 0 aromatic carbocycles. The number of carbonyl (C=O) groups is 2. The highest BCUT2D eigenvalue weighted by Crippen LogP contribution is 2.34. The Morgan fingerprint density at radius 3 is 2.72 bits per heavy atom. The van der Waals surface area contributed by atoms with Gasteiger partial charge in [-0.1, -0.05) is 0 Å². The van der Waals surface area contributed by atoms with Crippen molar-refractivity contribution in [3.05, 3.63) is 29.6 Å². The fraction of sp³-hybridized carbons (Fsp3) is 0.462. The van der Waals surface area contributed by atoms with Gasteiger partial charge in [-0.25, -0.2) is 0 Å². The summed E-state index contributed by atoms with van der Waals surface area (Å²) >= 11 is 0. The second-order valence-electron chi connectivity index (χ2n) is 4.70. The molecule has 1 saturated carbocycles. The first-order chi connectivity index (χ1) is 8.56. The molecule has 1 atom stereocenters. The van der Waals surface area contributed by atoms with Gasteiger partial charge in [-0.05, 0) is 37.8 Å². The van der Waals surface area contributed by atoms with Crippen molar-refractivity contribution in [2.24, 2.45) is 5.92 Å². The largest absolute Gasteiger partial charge is 0.481 e. The van der Waals surface area contributed by atoms with Crippen LogP contribution in [0.2, 0.25) is 0 Å². The quantitative estimate of drug-likeness (QED) is 0.824. The predicted octanol–water partition coefficient (Wildman–Crippen LogP) is 1.37. The van der Waals surface area contributed by atoms with E-state index in [1.165, 1.54) is 6.20 Å². The second kappa shape index (κ2) is 5.16. The average molecular weight is 248 g/mol. The number of hydrogen-bond acceptors (Lipinski definition) is 3. The van der Waals surface area contributed by atoms with Gasteiger partial charge < -0.3 is 10.4 Å². The van der Waals surface area contributed by atoms with E-state index in [1.807, 2.05) is 6.92 Å². The maximum absolute atomic E-state index is 11.9. The lowest BCUT2D eigenvalue weighted by Gasteiger charge is -2.16. The first-order valence-corrected chi connectivity index (χ1v) is 6.01. The predicted molar refractivity (Wildman–Crippen MR) is 65.2 cm³/mol. The van der Waals surface area contributed by atoms with E-state index >= 15 is 0 Å². The van der Waals surface area contributed by atoms with Crippen LogP contribution in [0.5, 0.6) is 0 Å². The van der Waals surface area contributed by atoms with Crippen molar-refractivity contribution in [2.75, 3.05) is 0 Å². The number of carboxylic acid groups (broad SMARTS) is 1. The Bertz CT molecular complexity index is 452. The van der Waals surface area contributed by atoms with Crippen molar-refractivity contribution in [3.63, 3.8) is 0 Å². The molecule has 0 saturated heterocycles. The van der Waals surface area contributed by atoms with E-state index in [1.54, 1.807) is 12.1 Å². The molecule has 2 N–H and O–H groups in total. The van der Waals surface area contributed by atoms with Crippen molar-refractivity contribution >= 4 is 11.9 Å². The van der Waals surface area contributed by atoms with Crippen LogP contribution >= 0.6 is 0 Å². The standard InChI is InChI=1S/C13H16N2O3/c1-8-2-3-10(7-14-8)13(18)15-11(6-12(16)17)9-4-5-9/h2-3,7,9,11H,4-6H2,1H3,(H,15,18)(H,16,17). The third kappa shape index (κ3) is 3.29. The maximum Gasteiger partial charge on any atom is 0.305 e. The number of amides is 1. The van der Waals surface area contributed by atoms with Gasteiger partial charge in [0.05, 0.1) is 12.0 Å². The Balaban J connectivity index is 2.00. The summed E-state index contributed by atoms with van der Waals surface area (Å²) in [4.78, 5) is 26.7. The van der Waals surface area contributed by atoms with Crippen molar-refractivity contribution < 1.29 is 14.7 Å². The highest BCUT2D eigenvalue weighted by molar-refractivity contribution is 5.94. The van der Waals surface area contributed by atoms with Gasteiger partial charge in [0.25, 0.3) is 5.91 Å². The molecule has 1 amide bonds. The van der Waals surface area contributed by atoms with Gasteiger partial charge in [-0.3, -0.25) is 14.6 Å². The topological polar surface area (TPSA) is 79.3 Å². The minimum absolute atomic E-state index is 0.0182. The zero-order valence-corrected chi connectivity index (χ0v) is 10.2. The molecule has 18 heavy (non-hydrogen) atoms. The minimum atomic E-state index is -0.880. The third-order valence-corrected chi connectivity index (χ3v) is 3.08. The van der Waals surface area contributed by atoms with Crippen LogP contribution < -0.4 is 5.32 Å². The Morgan fingerprint density at radius 1 is 1.50 bits per heavy atom. The van der Waals surface area contributed by atoms with Gasteiger partial charge in [-0.2, -0.15) is 0 Å². The SMILES string of the molecule is Cc1ccc(C(=O)NC(CC(=O)O)C2CC2)cn1. The number of hydrogen-bond donors (Lipinski definition) is 2. The first kappa shape index (κ1) is 12.5. The third-order valence-electron chi connectivity index (χ3n) is 3.08. The summed E-state index contributed by atoms with van der Waals surface area (Å²) in [5.74, 6) is -0.821. The lowest BCUT2D eigenvalue weighted by molar-refractivity contribution is -0.137. The van der Waals surface area contributed by atoms with Crippen LogP contribution in [0, 0.1) is 12.8 Å². The van der Waals surface area contributed by atoms with Crippen LogP contribution in [-0.4, -0.2) is 28.0 Å². The van der Waals surface area contributed by atoms with Gasteiger partial charge >= 0.3 is 5.97 Å². The highest BCUT2D eigenvalue weighted by Gasteiger charge is 2.33. The van der Waals surface area contributed by atoms with Gasteiger partial charge in [0, 0.05) is 17.9 Å². The fourth-order valence-electron chi connectivity index (χ4n) is 1.88. The number of nitrogens with one attached hydrogen (secondary N) is 1. The zero-order chi connectivity index (χ0) is 13.1. The zero-order valence-electron chi connectivity index (χ0n) is 10.2. The number of pyridine rings is 1. The van der Waals surface area contributed by atoms with E-state index in [0.717, 1.165) is 18.5 Å². The molecule has 5 heteroatoms. The Labute approximate surface area is 105 Å². The normalized spacial score (nSPS) is 16.1. The number of carboxylic acids is 1. The summed E-state index contributed by atoms with van der Waals surface area (Å²) in [6.07, 6.45) is 3.47. The van der Waals surface area contributed by atoms with Crippen molar-refractivity contribution in [1.29, 1.82) is 0 Å². The van der Waals surface area contributed by atoms with Crippen LogP contribution in [0.25, 0.3) is 0 Å². The Kier molecular flexibility index (Phi) is 3.60. The molecule has 0 aliphatic heterocycles. The lowest BCUT2D eigenvalue weighted by atomic mass is 10.1. The van der Waals surface area contributed by atoms with Crippen LogP contribution in [0.4, 0.5) is 0 Å². The number of rotatable bonds is 5. The molecule has 5 nitrogen and oxygen atoms in total. The summed E-state index contributed by atoms with van der Waals surface area (Å²) in [6, 6.07) is 3.19. The van der Waals surface area contributed by atoms with E-state index in [-0.39, 0.29) is 18.4 Å². The molecule has 1 aromatic rings. The van der Waals surface area contributed by atoms with Gasteiger partial charge in [-0.15, -0.1) is 0 Å². The first-order valence-electron chi connectivity index (χ1n) is 6.01. The summed E-state index contributed by atoms with van der Waals surface area (Å²) in [6.45, 7) is 1.85. The monoisotopic (exact) mass is 248 g/mol. The molecule has 96 valence electrons. The summed E-state index contributed by atoms with van der Waals surface area (Å²) < 4.78 is 0. The molecular formula is C13H16N2O3. The minimum Gasteiger partial charge on any atom is -0.481 e. The molecule has 1 aromatic heterocycles. The molecule has 1 unspecified atom stereocenters. The molecule has 2 rings (SSSR count). The fourth-order valence-corrected chi connectivity index (χ4v) is 1.88. The van der Waals surface area contributed by atoms with Crippen LogP contribution in [0.1, 0.15) is 35.3 Å². The molecule has 0 radical (unpaired) electrons. The molecule has 1 heterocycles. The van der Waals surface area contributed by atoms with Gasteiger partial charge in [0.1, 0.15) is 0 Å². The lowest BCUT2D eigenvalue weighted by Crippen LogP contribution is -2.38. The molecule has 0 bridgehead atoms. The van der Waals surface area contributed by atoms with Crippen LogP contribution in [0.15, 0.2) is 18.3 Å².